The first kappa shape index (κ1) is 17.0. The average Bonchev–Trinajstić information content (AvgIpc) is 2.84. The minimum atomic E-state index is -3.41. The largest absolute Gasteiger partial charge is 0.361 e. The van der Waals surface area contributed by atoms with E-state index in [1.54, 1.807) is 39.1 Å². The van der Waals surface area contributed by atoms with Gasteiger partial charge in [-0.2, -0.15) is 0 Å². The second-order valence-corrected chi connectivity index (χ2v) is 7.24. The molecule has 0 radical (unpaired) electrons. The topological polar surface area (TPSA) is 92.5 Å². The van der Waals surface area contributed by atoms with Crippen molar-refractivity contribution in [1.29, 1.82) is 0 Å². The lowest BCUT2D eigenvalue weighted by molar-refractivity contribution is 0.0782. The quantitative estimate of drug-likeness (QED) is 0.900. The van der Waals surface area contributed by atoms with Gasteiger partial charge in [-0.15, -0.1) is 0 Å². The van der Waals surface area contributed by atoms with Crippen LogP contribution in [0.4, 0.5) is 5.69 Å². The predicted molar refractivity (Wildman–Crippen MR) is 86.7 cm³/mol. The molecule has 0 bridgehead atoms. The Morgan fingerprint density at radius 1 is 1.30 bits per heavy atom. The zero-order valence-electron chi connectivity index (χ0n) is 13.5. The van der Waals surface area contributed by atoms with Crippen molar-refractivity contribution in [3.63, 3.8) is 0 Å². The highest BCUT2D eigenvalue weighted by molar-refractivity contribution is 7.92. The van der Waals surface area contributed by atoms with Gasteiger partial charge in [0.15, 0.2) is 0 Å². The highest BCUT2D eigenvalue weighted by Gasteiger charge is 2.16. The van der Waals surface area contributed by atoms with Crippen LogP contribution in [0.5, 0.6) is 0 Å². The van der Waals surface area contributed by atoms with E-state index in [0.717, 1.165) is 11.8 Å². The zero-order valence-corrected chi connectivity index (χ0v) is 14.3. The van der Waals surface area contributed by atoms with E-state index in [9.17, 15) is 13.2 Å². The highest BCUT2D eigenvalue weighted by atomic mass is 32.2. The molecule has 8 heteroatoms. The van der Waals surface area contributed by atoms with Gasteiger partial charge in [0, 0.05) is 18.7 Å². The Bertz CT molecular complexity index is 827. The van der Waals surface area contributed by atoms with Crippen molar-refractivity contribution in [2.75, 3.05) is 18.0 Å². The Hall–Kier alpha value is -2.35. The first-order valence-electron chi connectivity index (χ1n) is 6.92. The van der Waals surface area contributed by atoms with Gasteiger partial charge in [-0.25, -0.2) is 8.42 Å². The molecule has 1 heterocycles. The first-order chi connectivity index (χ1) is 10.7. The van der Waals surface area contributed by atoms with E-state index in [1.807, 2.05) is 0 Å². The molecule has 0 saturated heterocycles. The SMILES string of the molecule is Cc1cc(CN(C)C(=O)c2ccc(C)c(NS(C)(=O)=O)c2)no1. The van der Waals surface area contributed by atoms with Crippen molar-refractivity contribution in [2.45, 2.75) is 20.4 Å². The number of carbonyl (C=O) groups is 1. The number of amides is 1. The molecular formula is C15H19N3O4S. The molecule has 2 aromatic rings. The third-order valence-corrected chi connectivity index (χ3v) is 3.79. The summed E-state index contributed by atoms with van der Waals surface area (Å²) in [6.07, 6.45) is 1.07. The first-order valence-corrected chi connectivity index (χ1v) is 8.81. The van der Waals surface area contributed by atoms with E-state index in [-0.39, 0.29) is 5.91 Å². The normalized spacial score (nSPS) is 11.3. The molecule has 23 heavy (non-hydrogen) atoms. The van der Waals surface area contributed by atoms with Gasteiger partial charge < -0.3 is 9.42 Å². The van der Waals surface area contributed by atoms with Crippen LogP contribution in [0.25, 0.3) is 0 Å². The van der Waals surface area contributed by atoms with Gasteiger partial charge in [-0.05, 0) is 31.5 Å². The lowest BCUT2D eigenvalue weighted by Crippen LogP contribution is -2.26. The molecule has 0 aliphatic heterocycles. The van der Waals surface area contributed by atoms with Crippen molar-refractivity contribution in [2.24, 2.45) is 0 Å². The van der Waals surface area contributed by atoms with Gasteiger partial charge in [0.1, 0.15) is 11.5 Å². The monoisotopic (exact) mass is 337 g/mol. The molecule has 0 fully saturated rings. The smallest absolute Gasteiger partial charge is 0.254 e. The molecule has 0 unspecified atom stereocenters. The van der Waals surface area contributed by atoms with Crippen LogP contribution in [0.1, 0.15) is 27.4 Å². The molecule has 0 aliphatic rings. The number of carbonyl (C=O) groups excluding carboxylic acids is 1. The van der Waals surface area contributed by atoms with Gasteiger partial charge in [-0.3, -0.25) is 9.52 Å². The minimum Gasteiger partial charge on any atom is -0.361 e. The van der Waals surface area contributed by atoms with E-state index < -0.39 is 10.0 Å². The van der Waals surface area contributed by atoms with Crippen molar-refractivity contribution in [1.82, 2.24) is 10.1 Å². The Labute approximate surface area is 135 Å². The van der Waals surface area contributed by atoms with Crippen molar-refractivity contribution in [3.05, 3.63) is 46.8 Å². The lowest BCUT2D eigenvalue weighted by Gasteiger charge is -2.17. The number of aryl methyl sites for hydroxylation is 2. The van der Waals surface area contributed by atoms with Crippen LogP contribution in [-0.2, 0) is 16.6 Å². The highest BCUT2D eigenvalue weighted by Crippen LogP contribution is 2.19. The van der Waals surface area contributed by atoms with Crippen molar-refractivity contribution < 1.29 is 17.7 Å². The van der Waals surface area contributed by atoms with Crippen LogP contribution < -0.4 is 4.72 Å². The van der Waals surface area contributed by atoms with Crippen molar-refractivity contribution >= 4 is 21.6 Å². The van der Waals surface area contributed by atoms with E-state index in [2.05, 4.69) is 9.88 Å². The molecule has 1 aromatic carbocycles. The van der Waals surface area contributed by atoms with E-state index in [0.29, 0.717) is 29.2 Å². The molecule has 7 nitrogen and oxygen atoms in total. The molecular weight excluding hydrogens is 318 g/mol. The number of nitrogens with one attached hydrogen (secondary N) is 1. The fourth-order valence-electron chi connectivity index (χ4n) is 2.09. The molecule has 1 aromatic heterocycles. The van der Waals surface area contributed by atoms with Gasteiger partial charge in [0.25, 0.3) is 5.91 Å². The van der Waals surface area contributed by atoms with Gasteiger partial charge in [-0.1, -0.05) is 11.2 Å². The number of sulfonamides is 1. The lowest BCUT2D eigenvalue weighted by atomic mass is 10.1. The maximum absolute atomic E-state index is 12.5. The summed E-state index contributed by atoms with van der Waals surface area (Å²) in [6, 6.07) is 6.66. The van der Waals surface area contributed by atoms with Crippen LogP contribution >= 0.6 is 0 Å². The summed E-state index contributed by atoms with van der Waals surface area (Å²) in [5.74, 6) is 0.443. The molecule has 0 atom stereocenters. The Morgan fingerprint density at radius 2 is 2.00 bits per heavy atom. The second kappa shape index (κ2) is 6.41. The number of nitrogens with zero attached hydrogens (tertiary/aromatic N) is 2. The summed E-state index contributed by atoms with van der Waals surface area (Å²) in [5.41, 5.74) is 2.18. The van der Waals surface area contributed by atoms with Gasteiger partial charge in [0.05, 0.1) is 18.5 Å². The summed E-state index contributed by atoms with van der Waals surface area (Å²) in [5, 5.41) is 3.85. The number of benzene rings is 1. The number of anilines is 1. The molecule has 2 rings (SSSR count). The van der Waals surface area contributed by atoms with E-state index in [1.165, 1.54) is 11.0 Å². The maximum atomic E-state index is 12.5. The van der Waals surface area contributed by atoms with Crippen LogP contribution in [0, 0.1) is 13.8 Å². The summed E-state index contributed by atoms with van der Waals surface area (Å²) in [4.78, 5) is 14.0. The summed E-state index contributed by atoms with van der Waals surface area (Å²) >= 11 is 0. The average molecular weight is 337 g/mol. The molecule has 1 N–H and O–H groups in total. The molecule has 1 amide bonds. The summed E-state index contributed by atoms with van der Waals surface area (Å²) < 4.78 is 30.2. The standard InChI is InChI=1S/C15H19N3O4S/c1-10-5-6-12(8-14(10)17-23(4,20)21)15(19)18(3)9-13-7-11(2)22-16-13/h5-8,17H,9H2,1-4H3. The van der Waals surface area contributed by atoms with E-state index >= 15 is 0 Å². The molecule has 0 spiro atoms. The second-order valence-electron chi connectivity index (χ2n) is 5.49. The Morgan fingerprint density at radius 3 is 2.57 bits per heavy atom. The van der Waals surface area contributed by atoms with Crippen LogP contribution in [0.3, 0.4) is 0 Å². The summed E-state index contributed by atoms with van der Waals surface area (Å²) in [6.45, 7) is 3.85. The molecule has 124 valence electrons. The predicted octanol–water partition coefficient (Wildman–Crippen LogP) is 1.94. The minimum absolute atomic E-state index is 0.234. The fourth-order valence-corrected chi connectivity index (χ4v) is 2.71. The number of hydrogen-bond donors (Lipinski definition) is 1. The third kappa shape index (κ3) is 4.56. The molecule has 0 saturated carbocycles. The number of hydrogen-bond acceptors (Lipinski definition) is 5. The Kier molecular flexibility index (Phi) is 4.74. The summed E-state index contributed by atoms with van der Waals surface area (Å²) in [7, 11) is -1.76. The van der Waals surface area contributed by atoms with Gasteiger partial charge >= 0.3 is 0 Å². The van der Waals surface area contributed by atoms with Crippen LogP contribution in [0.2, 0.25) is 0 Å². The Balaban J connectivity index is 2.20. The maximum Gasteiger partial charge on any atom is 0.254 e. The van der Waals surface area contributed by atoms with Gasteiger partial charge in [0.2, 0.25) is 10.0 Å². The zero-order chi connectivity index (χ0) is 17.2. The third-order valence-electron chi connectivity index (χ3n) is 3.20. The number of aromatic nitrogens is 1. The van der Waals surface area contributed by atoms with E-state index in [4.69, 9.17) is 4.52 Å². The molecule has 0 aliphatic carbocycles. The fraction of sp³-hybridized carbons (Fsp3) is 0.333. The number of rotatable bonds is 5. The van der Waals surface area contributed by atoms with Crippen molar-refractivity contribution in [3.8, 4) is 0 Å². The van der Waals surface area contributed by atoms with Crippen LogP contribution in [0.15, 0.2) is 28.8 Å². The van der Waals surface area contributed by atoms with Crippen LogP contribution in [-0.4, -0.2) is 37.7 Å².